The van der Waals surface area contributed by atoms with Gasteiger partial charge in [-0.15, -0.1) is 10.2 Å². The smallest absolute Gasteiger partial charge is 0.278 e. The maximum Gasteiger partial charge on any atom is 0.278 e. The van der Waals surface area contributed by atoms with E-state index in [0.29, 0.717) is 11.5 Å². The molecule has 3 N–H and O–H groups in total. The highest BCUT2D eigenvalue weighted by atomic mass is 16.2. The molecule has 0 aliphatic carbocycles. The summed E-state index contributed by atoms with van der Waals surface area (Å²) in [4.78, 5) is 29.7. The van der Waals surface area contributed by atoms with Crippen molar-refractivity contribution in [2.45, 2.75) is 0 Å². The van der Waals surface area contributed by atoms with E-state index >= 15 is 0 Å². The summed E-state index contributed by atoms with van der Waals surface area (Å²) >= 11 is 0. The van der Waals surface area contributed by atoms with Crippen LogP contribution in [0.1, 0.15) is 10.5 Å². The summed E-state index contributed by atoms with van der Waals surface area (Å²) in [6, 6.07) is 7.87. The minimum atomic E-state index is -0.519. The number of anilines is 1. The fraction of sp³-hybridized carbons (Fsp3) is 0. The van der Waals surface area contributed by atoms with Gasteiger partial charge in [0.05, 0.1) is 0 Å². The quantitative estimate of drug-likeness (QED) is 0.629. The Morgan fingerprint density at radius 1 is 1.14 bits per heavy atom. The molecule has 0 radical (unpaired) electrons. The highest BCUT2D eigenvalue weighted by Gasteiger charge is 2.11. The van der Waals surface area contributed by atoms with Crippen LogP contribution in [0.5, 0.6) is 0 Å². The minimum Gasteiger partial charge on any atom is -0.306 e. The standard InChI is InChI=1S/C12H9N7O2/c20-9-5-4-8(16-17-9)11(21)15-12-14-10(18-19-12)7-3-1-2-6-13-7/h1-6H,(H,17,20)(H2,14,15,18,19,21). The lowest BCUT2D eigenvalue weighted by Gasteiger charge is -1.99. The molecule has 3 rings (SSSR count). The van der Waals surface area contributed by atoms with Gasteiger partial charge < -0.3 is 4.98 Å². The van der Waals surface area contributed by atoms with Crippen LogP contribution in [0.2, 0.25) is 0 Å². The largest absolute Gasteiger partial charge is 0.306 e. The van der Waals surface area contributed by atoms with Crippen molar-refractivity contribution in [2.24, 2.45) is 0 Å². The van der Waals surface area contributed by atoms with Gasteiger partial charge in [0.15, 0.2) is 5.82 Å². The fourth-order valence-corrected chi connectivity index (χ4v) is 1.58. The molecule has 1 amide bonds. The zero-order chi connectivity index (χ0) is 14.7. The lowest BCUT2D eigenvalue weighted by molar-refractivity contribution is 0.102. The van der Waals surface area contributed by atoms with E-state index in [1.807, 2.05) is 6.07 Å². The van der Waals surface area contributed by atoms with Crippen molar-refractivity contribution in [2.75, 3.05) is 5.32 Å². The van der Waals surface area contributed by atoms with E-state index in [4.69, 9.17) is 0 Å². The number of hydrogen-bond donors (Lipinski definition) is 3. The van der Waals surface area contributed by atoms with Gasteiger partial charge in [-0.05, 0) is 18.2 Å². The summed E-state index contributed by atoms with van der Waals surface area (Å²) in [6.07, 6.45) is 1.63. The molecular weight excluding hydrogens is 274 g/mol. The molecule has 0 unspecified atom stereocenters. The van der Waals surface area contributed by atoms with Crippen molar-refractivity contribution in [1.29, 1.82) is 0 Å². The number of aromatic nitrogens is 6. The molecule has 9 nitrogen and oxygen atoms in total. The number of nitrogens with one attached hydrogen (secondary N) is 3. The number of carbonyl (C=O) groups is 1. The summed E-state index contributed by atoms with van der Waals surface area (Å²) in [5.41, 5.74) is 0.279. The number of rotatable bonds is 3. The molecule has 21 heavy (non-hydrogen) atoms. The normalized spacial score (nSPS) is 10.3. The van der Waals surface area contributed by atoms with E-state index in [9.17, 15) is 9.59 Å². The lowest BCUT2D eigenvalue weighted by Crippen LogP contribution is -2.18. The topological polar surface area (TPSA) is 129 Å². The predicted octanol–water partition coefficient (Wildman–Crippen LogP) is 0.202. The number of hydrogen-bond acceptors (Lipinski definition) is 6. The van der Waals surface area contributed by atoms with Gasteiger partial charge in [-0.2, -0.15) is 5.10 Å². The predicted molar refractivity (Wildman–Crippen MR) is 72.4 cm³/mol. The van der Waals surface area contributed by atoms with Crippen LogP contribution in [0, 0.1) is 0 Å². The Balaban J connectivity index is 1.77. The maximum absolute atomic E-state index is 11.9. The second-order valence-corrected chi connectivity index (χ2v) is 4.00. The Labute approximate surface area is 117 Å². The zero-order valence-corrected chi connectivity index (χ0v) is 10.6. The van der Waals surface area contributed by atoms with Gasteiger partial charge in [-0.3, -0.25) is 19.9 Å². The fourth-order valence-electron chi connectivity index (χ4n) is 1.58. The molecule has 9 heteroatoms. The van der Waals surface area contributed by atoms with E-state index in [-0.39, 0.29) is 17.2 Å². The van der Waals surface area contributed by atoms with Crippen molar-refractivity contribution in [1.82, 2.24) is 30.4 Å². The molecule has 3 aromatic heterocycles. The van der Waals surface area contributed by atoms with Gasteiger partial charge in [-0.1, -0.05) is 6.07 Å². The summed E-state index contributed by atoms with van der Waals surface area (Å²) < 4.78 is 0. The summed E-state index contributed by atoms with van der Waals surface area (Å²) in [5.74, 6) is 0.0731. The summed E-state index contributed by atoms with van der Waals surface area (Å²) in [7, 11) is 0. The molecule has 0 aliphatic rings. The third kappa shape index (κ3) is 2.81. The Kier molecular flexibility index (Phi) is 3.21. The molecule has 0 fully saturated rings. The molecular formula is C12H9N7O2. The summed E-state index contributed by atoms with van der Waals surface area (Å²) in [6.45, 7) is 0. The highest BCUT2D eigenvalue weighted by molar-refractivity contribution is 6.01. The van der Waals surface area contributed by atoms with Crippen LogP contribution in [0.15, 0.2) is 41.3 Å². The summed E-state index contributed by atoms with van der Waals surface area (Å²) in [5, 5.41) is 16.0. The third-order valence-corrected chi connectivity index (χ3v) is 2.54. The Morgan fingerprint density at radius 2 is 2.05 bits per heavy atom. The molecule has 0 bridgehead atoms. The molecule has 0 aliphatic heterocycles. The van der Waals surface area contributed by atoms with Gasteiger partial charge in [0.25, 0.3) is 11.5 Å². The maximum atomic E-state index is 11.9. The van der Waals surface area contributed by atoms with Crippen LogP contribution < -0.4 is 10.9 Å². The van der Waals surface area contributed by atoms with Crippen molar-refractivity contribution >= 4 is 11.9 Å². The van der Waals surface area contributed by atoms with Gasteiger partial charge in [0, 0.05) is 12.3 Å². The van der Waals surface area contributed by atoms with Gasteiger partial charge in [-0.25, -0.2) is 5.10 Å². The van der Waals surface area contributed by atoms with Gasteiger partial charge in [0.1, 0.15) is 11.4 Å². The van der Waals surface area contributed by atoms with Crippen LogP contribution in [-0.2, 0) is 0 Å². The van der Waals surface area contributed by atoms with Gasteiger partial charge in [0.2, 0.25) is 5.95 Å². The van der Waals surface area contributed by atoms with Crippen molar-refractivity contribution in [3.63, 3.8) is 0 Å². The molecule has 0 atom stereocenters. The number of aromatic amines is 2. The van der Waals surface area contributed by atoms with Gasteiger partial charge >= 0.3 is 0 Å². The van der Waals surface area contributed by atoms with Crippen molar-refractivity contribution < 1.29 is 4.79 Å². The monoisotopic (exact) mass is 283 g/mol. The molecule has 0 aromatic carbocycles. The van der Waals surface area contributed by atoms with E-state index < -0.39 is 5.91 Å². The number of pyridine rings is 1. The Bertz CT molecular complexity index is 804. The van der Waals surface area contributed by atoms with Crippen LogP contribution >= 0.6 is 0 Å². The molecule has 0 saturated heterocycles. The average Bonchev–Trinajstić information content (AvgIpc) is 2.97. The van der Waals surface area contributed by atoms with E-state index in [1.165, 1.54) is 12.1 Å². The zero-order valence-electron chi connectivity index (χ0n) is 10.6. The van der Waals surface area contributed by atoms with Crippen molar-refractivity contribution in [3.8, 4) is 11.5 Å². The third-order valence-electron chi connectivity index (χ3n) is 2.54. The first-order chi connectivity index (χ1) is 10.2. The minimum absolute atomic E-state index is 0.0605. The Hall–Kier alpha value is -3.36. The number of amides is 1. The van der Waals surface area contributed by atoms with E-state index in [2.05, 4.69) is 35.7 Å². The number of carbonyl (C=O) groups excluding carboxylic acids is 1. The highest BCUT2D eigenvalue weighted by Crippen LogP contribution is 2.12. The number of nitrogens with zero attached hydrogens (tertiary/aromatic N) is 4. The molecule has 3 aromatic rings. The lowest BCUT2D eigenvalue weighted by atomic mass is 10.3. The second-order valence-electron chi connectivity index (χ2n) is 4.00. The van der Waals surface area contributed by atoms with Crippen LogP contribution in [0.3, 0.4) is 0 Å². The number of H-pyrrole nitrogens is 2. The first kappa shape index (κ1) is 12.7. The first-order valence-corrected chi connectivity index (χ1v) is 5.93. The molecule has 0 saturated carbocycles. The van der Waals surface area contributed by atoms with E-state index in [1.54, 1.807) is 18.3 Å². The van der Waals surface area contributed by atoms with Crippen LogP contribution in [0.4, 0.5) is 5.95 Å². The molecule has 3 heterocycles. The SMILES string of the molecule is O=C(Nc1nnc(-c2ccccn2)[nH]1)c1ccc(=O)[nH]n1. The Morgan fingerprint density at radius 3 is 2.76 bits per heavy atom. The first-order valence-electron chi connectivity index (χ1n) is 5.93. The van der Waals surface area contributed by atoms with Crippen molar-refractivity contribution in [3.05, 3.63) is 52.6 Å². The average molecular weight is 283 g/mol. The second kappa shape index (κ2) is 5.33. The molecule has 104 valence electrons. The van der Waals surface area contributed by atoms with Crippen LogP contribution in [-0.4, -0.2) is 36.3 Å². The molecule has 0 spiro atoms. The van der Waals surface area contributed by atoms with Crippen LogP contribution in [0.25, 0.3) is 11.5 Å². The van der Waals surface area contributed by atoms with E-state index in [0.717, 1.165) is 0 Å².